The molecule has 3 rings (SSSR count). The molecular formula is C19H24N2O3S. The molecule has 1 aliphatic rings. The van der Waals surface area contributed by atoms with Gasteiger partial charge in [-0.2, -0.15) is 11.3 Å². The molecule has 1 saturated heterocycles. The van der Waals surface area contributed by atoms with Gasteiger partial charge in [0.1, 0.15) is 0 Å². The lowest BCUT2D eigenvalue weighted by molar-refractivity contribution is 0.0506. The standard InChI is InChI=1S/C19H24N2O3S/c1-12-17(13(2)20-18(12)14(3)22)19(23)21(9-15-6-8-25-11-15)10-16-5-4-7-24-16/h6,8,11,16,20H,4-5,7,9-10H2,1-3H3/t16-/m1/s1. The van der Waals surface area contributed by atoms with Crippen LogP contribution < -0.4 is 0 Å². The molecule has 25 heavy (non-hydrogen) atoms. The van der Waals surface area contributed by atoms with Gasteiger partial charge in [0.2, 0.25) is 0 Å². The van der Waals surface area contributed by atoms with Crippen molar-refractivity contribution in [3.05, 3.63) is 44.9 Å². The summed E-state index contributed by atoms with van der Waals surface area (Å²) in [5, 5.41) is 4.08. The Bertz CT molecular complexity index is 758. The summed E-state index contributed by atoms with van der Waals surface area (Å²) in [5.41, 5.74) is 3.73. The van der Waals surface area contributed by atoms with Crippen molar-refractivity contribution in [2.45, 2.75) is 46.3 Å². The number of carbonyl (C=O) groups is 2. The Hall–Kier alpha value is -1.92. The third kappa shape index (κ3) is 3.85. The van der Waals surface area contributed by atoms with Crippen LogP contribution in [-0.4, -0.2) is 40.8 Å². The molecule has 1 aliphatic heterocycles. The molecular weight excluding hydrogens is 336 g/mol. The van der Waals surface area contributed by atoms with E-state index in [0.717, 1.165) is 36.3 Å². The summed E-state index contributed by atoms with van der Waals surface area (Å²) < 4.78 is 5.74. The van der Waals surface area contributed by atoms with Gasteiger partial charge in [-0.1, -0.05) is 0 Å². The molecule has 0 spiro atoms. The predicted molar refractivity (Wildman–Crippen MR) is 98.3 cm³/mol. The monoisotopic (exact) mass is 360 g/mol. The lowest BCUT2D eigenvalue weighted by Crippen LogP contribution is -2.37. The Balaban J connectivity index is 1.89. The highest BCUT2D eigenvalue weighted by atomic mass is 32.1. The maximum Gasteiger partial charge on any atom is 0.256 e. The molecule has 3 heterocycles. The van der Waals surface area contributed by atoms with E-state index >= 15 is 0 Å². The first-order chi connectivity index (χ1) is 12.0. The van der Waals surface area contributed by atoms with Crippen LogP contribution in [0.5, 0.6) is 0 Å². The molecule has 2 aromatic heterocycles. The second-order valence-corrected chi connectivity index (χ2v) is 7.41. The smallest absolute Gasteiger partial charge is 0.256 e. The molecule has 1 fully saturated rings. The number of nitrogens with one attached hydrogen (secondary N) is 1. The van der Waals surface area contributed by atoms with E-state index in [0.29, 0.717) is 24.3 Å². The lowest BCUT2D eigenvalue weighted by atomic mass is 10.1. The number of ketones is 1. The van der Waals surface area contributed by atoms with Crippen molar-refractivity contribution in [3.63, 3.8) is 0 Å². The van der Waals surface area contributed by atoms with Crippen LogP contribution in [0.4, 0.5) is 0 Å². The Kier molecular flexibility index (Phi) is 5.39. The van der Waals surface area contributed by atoms with Crippen molar-refractivity contribution in [1.82, 2.24) is 9.88 Å². The average molecular weight is 360 g/mol. The minimum absolute atomic E-state index is 0.0412. The van der Waals surface area contributed by atoms with Gasteiger partial charge in [-0.05, 0) is 54.6 Å². The van der Waals surface area contributed by atoms with E-state index < -0.39 is 0 Å². The molecule has 1 atom stereocenters. The number of aromatic nitrogens is 1. The fourth-order valence-electron chi connectivity index (χ4n) is 3.44. The van der Waals surface area contributed by atoms with Gasteiger partial charge in [0.15, 0.2) is 5.78 Å². The summed E-state index contributed by atoms with van der Waals surface area (Å²) in [5.74, 6) is -0.0939. The molecule has 5 nitrogen and oxygen atoms in total. The van der Waals surface area contributed by atoms with E-state index in [1.54, 1.807) is 11.3 Å². The van der Waals surface area contributed by atoms with Crippen molar-refractivity contribution >= 4 is 23.0 Å². The third-order valence-corrected chi connectivity index (χ3v) is 5.42. The van der Waals surface area contributed by atoms with Gasteiger partial charge >= 0.3 is 0 Å². The molecule has 1 amide bonds. The van der Waals surface area contributed by atoms with Crippen molar-refractivity contribution in [2.75, 3.05) is 13.2 Å². The first kappa shape index (κ1) is 17.9. The average Bonchev–Trinajstić information content (AvgIpc) is 3.29. The minimum atomic E-state index is -0.0526. The summed E-state index contributed by atoms with van der Waals surface area (Å²) in [4.78, 5) is 30.0. The highest BCUT2D eigenvalue weighted by molar-refractivity contribution is 7.07. The van der Waals surface area contributed by atoms with E-state index in [1.165, 1.54) is 6.92 Å². The second-order valence-electron chi connectivity index (χ2n) is 6.63. The topological polar surface area (TPSA) is 62.4 Å². The Labute approximate surface area is 152 Å². The predicted octanol–water partition coefficient (Wildman–Crippen LogP) is 3.72. The largest absolute Gasteiger partial charge is 0.376 e. The van der Waals surface area contributed by atoms with E-state index in [4.69, 9.17) is 4.74 Å². The third-order valence-electron chi connectivity index (χ3n) is 4.69. The second kappa shape index (κ2) is 7.54. The van der Waals surface area contributed by atoms with E-state index in [1.807, 2.05) is 30.2 Å². The van der Waals surface area contributed by atoms with Gasteiger partial charge in [-0.3, -0.25) is 9.59 Å². The number of Topliss-reactive ketones (excluding diaryl/α,β-unsaturated/α-hetero) is 1. The van der Waals surface area contributed by atoms with Gasteiger partial charge in [0.05, 0.1) is 17.4 Å². The Morgan fingerprint density at radius 1 is 1.40 bits per heavy atom. The highest BCUT2D eigenvalue weighted by Crippen LogP contribution is 2.23. The normalized spacial score (nSPS) is 17.0. The van der Waals surface area contributed by atoms with Crippen LogP contribution in [0.1, 0.15) is 57.4 Å². The van der Waals surface area contributed by atoms with Crippen molar-refractivity contribution in [2.24, 2.45) is 0 Å². The molecule has 0 radical (unpaired) electrons. The zero-order valence-electron chi connectivity index (χ0n) is 14.9. The van der Waals surface area contributed by atoms with Crippen molar-refractivity contribution in [1.29, 1.82) is 0 Å². The molecule has 2 aromatic rings. The molecule has 0 bridgehead atoms. The molecule has 0 aliphatic carbocycles. The fourth-order valence-corrected chi connectivity index (χ4v) is 4.10. The van der Waals surface area contributed by atoms with Crippen LogP contribution >= 0.6 is 11.3 Å². The molecule has 0 unspecified atom stereocenters. The summed E-state index contributed by atoms with van der Waals surface area (Å²) >= 11 is 1.63. The minimum Gasteiger partial charge on any atom is -0.376 e. The van der Waals surface area contributed by atoms with Gasteiger partial charge in [-0.15, -0.1) is 0 Å². The number of ether oxygens (including phenoxy) is 1. The quantitative estimate of drug-likeness (QED) is 0.799. The Morgan fingerprint density at radius 3 is 2.76 bits per heavy atom. The van der Waals surface area contributed by atoms with Gasteiger partial charge in [0, 0.05) is 32.3 Å². The van der Waals surface area contributed by atoms with E-state index in [2.05, 4.69) is 10.4 Å². The maximum absolute atomic E-state index is 13.3. The van der Waals surface area contributed by atoms with Gasteiger partial charge in [0.25, 0.3) is 5.91 Å². The SMILES string of the molecule is CC(=O)c1[nH]c(C)c(C(=O)N(Cc2ccsc2)C[C@H]2CCCO2)c1C. The van der Waals surface area contributed by atoms with Crippen LogP contribution in [0, 0.1) is 13.8 Å². The zero-order valence-corrected chi connectivity index (χ0v) is 15.7. The van der Waals surface area contributed by atoms with Crippen LogP contribution in [-0.2, 0) is 11.3 Å². The lowest BCUT2D eigenvalue weighted by Gasteiger charge is -2.25. The summed E-state index contributed by atoms with van der Waals surface area (Å²) in [6.45, 7) is 7.10. The number of nitrogens with zero attached hydrogens (tertiary/aromatic N) is 1. The first-order valence-corrected chi connectivity index (χ1v) is 9.53. The summed E-state index contributed by atoms with van der Waals surface area (Å²) in [6, 6.07) is 2.04. The van der Waals surface area contributed by atoms with Crippen LogP contribution in [0.15, 0.2) is 16.8 Å². The number of rotatable bonds is 6. The first-order valence-electron chi connectivity index (χ1n) is 8.59. The fraction of sp³-hybridized carbons (Fsp3) is 0.474. The van der Waals surface area contributed by atoms with Crippen LogP contribution in [0.25, 0.3) is 0 Å². The van der Waals surface area contributed by atoms with Crippen LogP contribution in [0.2, 0.25) is 0 Å². The number of thiophene rings is 1. The molecule has 134 valence electrons. The number of aromatic amines is 1. The van der Waals surface area contributed by atoms with E-state index in [-0.39, 0.29) is 17.8 Å². The van der Waals surface area contributed by atoms with Crippen molar-refractivity contribution in [3.8, 4) is 0 Å². The van der Waals surface area contributed by atoms with Crippen LogP contribution in [0.3, 0.4) is 0 Å². The number of hydrogen-bond acceptors (Lipinski definition) is 4. The van der Waals surface area contributed by atoms with Gasteiger partial charge in [-0.25, -0.2) is 0 Å². The van der Waals surface area contributed by atoms with E-state index in [9.17, 15) is 9.59 Å². The molecule has 0 saturated carbocycles. The number of amides is 1. The highest BCUT2D eigenvalue weighted by Gasteiger charge is 2.28. The Morgan fingerprint density at radius 2 is 2.20 bits per heavy atom. The molecule has 0 aromatic carbocycles. The van der Waals surface area contributed by atoms with Crippen molar-refractivity contribution < 1.29 is 14.3 Å². The maximum atomic E-state index is 13.3. The summed E-state index contributed by atoms with van der Waals surface area (Å²) in [7, 11) is 0. The summed E-state index contributed by atoms with van der Waals surface area (Å²) in [6.07, 6.45) is 2.12. The zero-order chi connectivity index (χ0) is 18.0. The number of H-pyrrole nitrogens is 1. The molecule has 1 N–H and O–H groups in total. The number of carbonyl (C=O) groups excluding carboxylic acids is 2. The number of hydrogen-bond donors (Lipinski definition) is 1. The van der Waals surface area contributed by atoms with Gasteiger partial charge < -0.3 is 14.6 Å². The molecule has 6 heteroatoms. The number of aryl methyl sites for hydroxylation is 1.